The van der Waals surface area contributed by atoms with Gasteiger partial charge in [-0.2, -0.15) is 10.5 Å². The van der Waals surface area contributed by atoms with Crippen LogP contribution in [0.3, 0.4) is 0 Å². The van der Waals surface area contributed by atoms with Crippen molar-refractivity contribution < 1.29 is 0 Å². The van der Waals surface area contributed by atoms with E-state index in [2.05, 4.69) is 12.1 Å². The van der Waals surface area contributed by atoms with Crippen LogP contribution in [0.15, 0.2) is 91.0 Å². The van der Waals surface area contributed by atoms with Gasteiger partial charge in [0.05, 0.1) is 22.5 Å². The van der Waals surface area contributed by atoms with E-state index >= 15 is 0 Å². The smallest absolute Gasteiger partial charge is 0.102 e. The number of aromatic nitrogens is 1. The summed E-state index contributed by atoms with van der Waals surface area (Å²) in [7, 11) is 0. The van der Waals surface area contributed by atoms with E-state index in [0.717, 1.165) is 16.7 Å². The first kappa shape index (κ1) is 17.2. The van der Waals surface area contributed by atoms with E-state index in [0.29, 0.717) is 28.1 Å². The highest BCUT2D eigenvalue weighted by molar-refractivity contribution is 5.89. The molecule has 1 aromatic heterocycles. The number of pyridine rings is 1. The first-order valence-corrected chi connectivity index (χ1v) is 8.88. The van der Waals surface area contributed by atoms with Crippen LogP contribution in [-0.2, 0) is 0 Å². The highest BCUT2D eigenvalue weighted by Crippen LogP contribution is 2.38. The molecule has 0 saturated heterocycles. The zero-order chi connectivity index (χ0) is 19.3. The van der Waals surface area contributed by atoms with E-state index in [1.807, 2.05) is 91.0 Å². The topological polar surface area (TPSA) is 60.5 Å². The van der Waals surface area contributed by atoms with Gasteiger partial charge in [-0.3, -0.25) is 0 Å². The van der Waals surface area contributed by atoms with Crippen molar-refractivity contribution in [3.8, 4) is 45.8 Å². The summed E-state index contributed by atoms with van der Waals surface area (Å²) in [6, 6.07) is 33.4. The summed E-state index contributed by atoms with van der Waals surface area (Å²) in [5.41, 5.74) is 5.13. The first-order chi connectivity index (χ1) is 13.8. The molecule has 1 heterocycles. The monoisotopic (exact) mass is 357 g/mol. The molecule has 0 fully saturated rings. The van der Waals surface area contributed by atoms with Gasteiger partial charge in [0.2, 0.25) is 0 Å². The number of rotatable bonds is 3. The standard InChI is InChI=1S/C25H15N3/c26-16-21-23(18-10-4-1-5-11-18)22(17-27)25(20-14-8-3-9-15-20)28-24(21)19-12-6-2-7-13-19/h1-15H. The van der Waals surface area contributed by atoms with Gasteiger partial charge in [-0.1, -0.05) is 91.0 Å². The Morgan fingerprint density at radius 2 is 0.857 bits per heavy atom. The lowest BCUT2D eigenvalue weighted by Crippen LogP contribution is -2.01. The quantitative estimate of drug-likeness (QED) is 0.464. The Balaban J connectivity index is 2.15. The van der Waals surface area contributed by atoms with Crippen molar-refractivity contribution in [2.75, 3.05) is 0 Å². The lowest BCUT2D eigenvalue weighted by Gasteiger charge is -2.15. The molecule has 0 N–H and O–H groups in total. The molecule has 0 radical (unpaired) electrons. The molecule has 28 heavy (non-hydrogen) atoms. The van der Waals surface area contributed by atoms with Crippen LogP contribution in [-0.4, -0.2) is 4.98 Å². The minimum Gasteiger partial charge on any atom is -0.245 e. The predicted molar refractivity (Wildman–Crippen MR) is 110 cm³/mol. The van der Waals surface area contributed by atoms with Crippen molar-refractivity contribution in [1.82, 2.24) is 4.98 Å². The maximum absolute atomic E-state index is 10.0. The second-order valence-corrected chi connectivity index (χ2v) is 6.26. The molecule has 0 saturated carbocycles. The van der Waals surface area contributed by atoms with Crippen LogP contribution in [0.1, 0.15) is 11.1 Å². The van der Waals surface area contributed by atoms with Crippen LogP contribution in [0.4, 0.5) is 0 Å². The van der Waals surface area contributed by atoms with E-state index in [9.17, 15) is 10.5 Å². The number of hydrogen-bond acceptors (Lipinski definition) is 3. The Hall–Kier alpha value is -4.21. The van der Waals surface area contributed by atoms with Gasteiger partial charge >= 0.3 is 0 Å². The Kier molecular flexibility index (Phi) is 4.66. The molecule has 0 aliphatic carbocycles. The molecule has 130 valence electrons. The van der Waals surface area contributed by atoms with Gasteiger partial charge in [-0.15, -0.1) is 0 Å². The van der Waals surface area contributed by atoms with Crippen molar-refractivity contribution in [1.29, 1.82) is 10.5 Å². The van der Waals surface area contributed by atoms with Crippen LogP contribution in [0.25, 0.3) is 33.6 Å². The molecule has 4 aromatic rings. The summed E-state index contributed by atoms with van der Waals surface area (Å²) in [6.07, 6.45) is 0. The molecule has 0 spiro atoms. The van der Waals surface area contributed by atoms with Crippen molar-refractivity contribution in [3.05, 3.63) is 102 Å². The number of hydrogen-bond donors (Lipinski definition) is 0. The molecule has 3 aromatic carbocycles. The summed E-state index contributed by atoms with van der Waals surface area (Å²) >= 11 is 0. The van der Waals surface area contributed by atoms with E-state index in [1.54, 1.807) is 0 Å². The molecule has 4 rings (SSSR count). The summed E-state index contributed by atoms with van der Waals surface area (Å²) in [6.45, 7) is 0. The summed E-state index contributed by atoms with van der Waals surface area (Å²) in [5, 5.41) is 20.0. The van der Waals surface area contributed by atoms with Crippen LogP contribution in [0.2, 0.25) is 0 Å². The van der Waals surface area contributed by atoms with Gasteiger partial charge in [-0.05, 0) is 5.56 Å². The largest absolute Gasteiger partial charge is 0.245 e. The summed E-state index contributed by atoms with van der Waals surface area (Å²) in [4.78, 5) is 4.80. The molecular formula is C25H15N3. The molecule has 0 amide bonds. The van der Waals surface area contributed by atoms with Gasteiger partial charge in [0.15, 0.2) is 0 Å². The maximum atomic E-state index is 10.0. The number of nitriles is 2. The van der Waals surface area contributed by atoms with Crippen molar-refractivity contribution in [3.63, 3.8) is 0 Å². The maximum Gasteiger partial charge on any atom is 0.102 e. The van der Waals surface area contributed by atoms with Crippen molar-refractivity contribution in [2.24, 2.45) is 0 Å². The summed E-state index contributed by atoms with van der Waals surface area (Å²) in [5.74, 6) is 0. The van der Waals surface area contributed by atoms with Crippen LogP contribution in [0.5, 0.6) is 0 Å². The zero-order valence-electron chi connectivity index (χ0n) is 15.0. The molecule has 3 nitrogen and oxygen atoms in total. The van der Waals surface area contributed by atoms with Gasteiger partial charge in [0.1, 0.15) is 12.1 Å². The average Bonchev–Trinajstić information content (AvgIpc) is 2.79. The Bertz CT molecular complexity index is 1120. The van der Waals surface area contributed by atoms with Crippen LogP contribution in [0, 0.1) is 22.7 Å². The fourth-order valence-corrected chi connectivity index (χ4v) is 3.31. The molecule has 0 aliphatic rings. The fraction of sp³-hybridized carbons (Fsp3) is 0. The molecule has 0 unspecified atom stereocenters. The second kappa shape index (κ2) is 7.58. The van der Waals surface area contributed by atoms with Crippen LogP contribution < -0.4 is 0 Å². The van der Waals surface area contributed by atoms with Gasteiger partial charge in [0, 0.05) is 16.7 Å². The Morgan fingerprint density at radius 3 is 1.21 bits per heavy atom. The second-order valence-electron chi connectivity index (χ2n) is 6.26. The first-order valence-electron chi connectivity index (χ1n) is 8.88. The van der Waals surface area contributed by atoms with Gasteiger partial charge in [-0.25, -0.2) is 4.98 Å². The van der Waals surface area contributed by atoms with Gasteiger partial charge in [0.25, 0.3) is 0 Å². The third-order valence-electron chi connectivity index (χ3n) is 4.58. The summed E-state index contributed by atoms with van der Waals surface area (Å²) < 4.78 is 0. The van der Waals surface area contributed by atoms with Gasteiger partial charge < -0.3 is 0 Å². The Morgan fingerprint density at radius 1 is 0.500 bits per heavy atom. The normalized spacial score (nSPS) is 10.1. The van der Waals surface area contributed by atoms with E-state index < -0.39 is 0 Å². The van der Waals surface area contributed by atoms with E-state index in [1.165, 1.54) is 0 Å². The molecular weight excluding hydrogens is 342 g/mol. The average molecular weight is 357 g/mol. The fourth-order valence-electron chi connectivity index (χ4n) is 3.31. The molecule has 3 heteroatoms. The lowest BCUT2D eigenvalue weighted by atomic mass is 9.90. The third-order valence-corrected chi connectivity index (χ3v) is 4.58. The Labute approximate surface area is 163 Å². The molecule has 0 bridgehead atoms. The number of benzene rings is 3. The number of nitrogens with zero attached hydrogens (tertiary/aromatic N) is 3. The predicted octanol–water partition coefficient (Wildman–Crippen LogP) is 5.83. The lowest BCUT2D eigenvalue weighted by molar-refractivity contribution is 1.28. The minimum absolute atomic E-state index is 0.411. The molecule has 0 aliphatic heterocycles. The third kappa shape index (κ3) is 3.03. The SMILES string of the molecule is N#Cc1c(-c2ccccc2)nc(-c2ccccc2)c(C#N)c1-c1ccccc1. The highest BCUT2D eigenvalue weighted by Gasteiger charge is 2.22. The molecule has 0 atom stereocenters. The highest BCUT2D eigenvalue weighted by atomic mass is 14.7. The van der Waals surface area contributed by atoms with Crippen molar-refractivity contribution >= 4 is 0 Å². The zero-order valence-corrected chi connectivity index (χ0v) is 15.0. The van der Waals surface area contributed by atoms with Crippen molar-refractivity contribution in [2.45, 2.75) is 0 Å². The minimum atomic E-state index is 0.411. The van der Waals surface area contributed by atoms with E-state index in [-0.39, 0.29) is 0 Å². The van der Waals surface area contributed by atoms with Crippen LogP contribution >= 0.6 is 0 Å². The van der Waals surface area contributed by atoms with E-state index in [4.69, 9.17) is 4.98 Å².